The Labute approximate surface area is 148 Å². The monoisotopic (exact) mass is 342 g/mol. The molecule has 5 nitrogen and oxygen atoms in total. The molecule has 0 N–H and O–H groups in total. The molecule has 3 fully saturated rings. The van der Waals surface area contributed by atoms with E-state index in [1.165, 1.54) is 12.8 Å². The number of rotatable bonds is 3. The zero-order chi connectivity index (χ0) is 17.2. The van der Waals surface area contributed by atoms with Crippen LogP contribution in [0.2, 0.25) is 0 Å². The first-order valence-corrected chi connectivity index (χ1v) is 9.47. The summed E-state index contributed by atoms with van der Waals surface area (Å²) in [5.41, 5.74) is 1.11. The summed E-state index contributed by atoms with van der Waals surface area (Å²) in [5.74, 6) is 0.110. The smallest absolute Gasteiger partial charge is 0.228 e. The Kier molecular flexibility index (Phi) is 4.75. The molecule has 1 aromatic rings. The van der Waals surface area contributed by atoms with E-state index in [1.807, 2.05) is 40.1 Å². The molecule has 2 saturated heterocycles. The molecular formula is C20H26N2O3. The first kappa shape index (κ1) is 16.6. The van der Waals surface area contributed by atoms with Crippen molar-refractivity contribution in [1.82, 2.24) is 9.80 Å². The fraction of sp³-hybridized carbons (Fsp3) is 0.600. The summed E-state index contributed by atoms with van der Waals surface area (Å²) in [6, 6.07) is 10.4. The van der Waals surface area contributed by atoms with Crippen molar-refractivity contribution >= 4 is 11.8 Å². The van der Waals surface area contributed by atoms with Gasteiger partial charge in [0.15, 0.2) is 0 Å². The van der Waals surface area contributed by atoms with Gasteiger partial charge in [0.2, 0.25) is 11.8 Å². The number of carbonyl (C=O) groups is 2. The number of nitrogens with zero attached hydrogens (tertiary/aromatic N) is 2. The zero-order valence-electron chi connectivity index (χ0n) is 14.6. The van der Waals surface area contributed by atoms with Gasteiger partial charge in [-0.15, -0.1) is 0 Å². The van der Waals surface area contributed by atoms with Gasteiger partial charge >= 0.3 is 0 Å². The minimum Gasteiger partial charge on any atom is -0.370 e. The third-order valence-corrected chi connectivity index (χ3v) is 5.82. The third-order valence-electron chi connectivity index (χ3n) is 5.82. The molecule has 0 unspecified atom stereocenters. The van der Waals surface area contributed by atoms with Crippen LogP contribution in [-0.2, 0) is 14.3 Å². The lowest BCUT2D eigenvalue weighted by molar-refractivity contribution is -0.143. The van der Waals surface area contributed by atoms with Gasteiger partial charge in [-0.1, -0.05) is 43.2 Å². The minimum absolute atomic E-state index is 0.0676. The van der Waals surface area contributed by atoms with Crippen LogP contribution in [0.1, 0.15) is 43.8 Å². The van der Waals surface area contributed by atoms with Crippen LogP contribution in [0.4, 0.5) is 0 Å². The van der Waals surface area contributed by atoms with Crippen LogP contribution in [0.3, 0.4) is 0 Å². The Balaban J connectivity index is 1.40. The fourth-order valence-corrected chi connectivity index (χ4v) is 4.44. The Bertz CT molecular complexity index is 627. The second kappa shape index (κ2) is 7.16. The largest absolute Gasteiger partial charge is 0.370 e. The lowest BCUT2D eigenvalue weighted by Crippen LogP contribution is -2.45. The van der Waals surface area contributed by atoms with Gasteiger partial charge in [0.25, 0.3) is 0 Å². The SMILES string of the molecule is O=C([C@@H]1CC(=O)N(C2CCCC2)C1)N1CCO[C@@H](c2ccccc2)C1. The summed E-state index contributed by atoms with van der Waals surface area (Å²) in [6.07, 6.45) is 4.91. The van der Waals surface area contributed by atoms with Gasteiger partial charge in [-0.05, 0) is 18.4 Å². The van der Waals surface area contributed by atoms with Crippen molar-refractivity contribution in [3.8, 4) is 0 Å². The van der Waals surface area contributed by atoms with Crippen LogP contribution in [0.15, 0.2) is 30.3 Å². The van der Waals surface area contributed by atoms with E-state index in [2.05, 4.69) is 0 Å². The van der Waals surface area contributed by atoms with Gasteiger partial charge in [-0.2, -0.15) is 0 Å². The minimum atomic E-state index is -0.178. The Hall–Kier alpha value is -1.88. The molecule has 5 heteroatoms. The standard InChI is InChI=1S/C20H26N2O3/c23-19-12-16(13-22(19)17-8-4-5-9-17)20(24)21-10-11-25-18(14-21)15-6-2-1-3-7-15/h1-3,6-7,16-18H,4-5,8-14H2/t16-,18-/m1/s1. The molecule has 0 bridgehead atoms. The number of ether oxygens (including phenoxy) is 1. The quantitative estimate of drug-likeness (QED) is 0.847. The molecule has 25 heavy (non-hydrogen) atoms. The summed E-state index contributed by atoms with van der Waals surface area (Å²) >= 11 is 0. The van der Waals surface area contributed by atoms with Crippen LogP contribution < -0.4 is 0 Å². The molecule has 1 aliphatic carbocycles. The first-order valence-electron chi connectivity index (χ1n) is 9.47. The van der Waals surface area contributed by atoms with E-state index in [4.69, 9.17) is 4.74 Å². The Morgan fingerprint density at radius 2 is 1.84 bits per heavy atom. The normalized spacial score (nSPS) is 27.9. The molecule has 134 valence electrons. The van der Waals surface area contributed by atoms with Crippen LogP contribution in [0, 0.1) is 5.92 Å². The van der Waals surface area contributed by atoms with Crippen LogP contribution in [-0.4, -0.2) is 53.9 Å². The molecule has 0 aromatic heterocycles. The van der Waals surface area contributed by atoms with Gasteiger partial charge in [0, 0.05) is 25.6 Å². The molecule has 0 spiro atoms. The first-order chi connectivity index (χ1) is 12.2. The van der Waals surface area contributed by atoms with E-state index in [0.29, 0.717) is 38.7 Å². The summed E-state index contributed by atoms with van der Waals surface area (Å²) in [4.78, 5) is 29.2. The van der Waals surface area contributed by atoms with E-state index in [9.17, 15) is 9.59 Å². The van der Waals surface area contributed by atoms with Crippen molar-refractivity contribution in [3.63, 3.8) is 0 Å². The predicted molar refractivity (Wildman–Crippen MR) is 93.8 cm³/mol. The highest BCUT2D eigenvalue weighted by atomic mass is 16.5. The second-order valence-corrected chi connectivity index (χ2v) is 7.44. The number of amides is 2. The number of likely N-dealkylation sites (tertiary alicyclic amines) is 1. The molecule has 2 amide bonds. The maximum atomic E-state index is 13.0. The summed E-state index contributed by atoms with van der Waals surface area (Å²) < 4.78 is 5.86. The molecule has 3 aliphatic rings. The predicted octanol–water partition coefficient (Wildman–Crippen LogP) is 2.38. The summed E-state index contributed by atoms with van der Waals surface area (Å²) in [5, 5.41) is 0. The number of hydrogen-bond acceptors (Lipinski definition) is 3. The number of hydrogen-bond donors (Lipinski definition) is 0. The van der Waals surface area contributed by atoms with E-state index < -0.39 is 0 Å². The molecule has 2 heterocycles. The highest BCUT2D eigenvalue weighted by Crippen LogP contribution is 2.31. The molecule has 1 aromatic carbocycles. The lowest BCUT2D eigenvalue weighted by atomic mass is 10.0. The highest BCUT2D eigenvalue weighted by Gasteiger charge is 2.41. The molecule has 2 atom stereocenters. The average molecular weight is 342 g/mol. The van der Waals surface area contributed by atoms with Gasteiger partial charge in [0.05, 0.1) is 19.1 Å². The van der Waals surface area contributed by atoms with E-state index in [-0.39, 0.29) is 23.8 Å². The number of morpholine rings is 1. The highest BCUT2D eigenvalue weighted by molar-refractivity contribution is 5.89. The van der Waals surface area contributed by atoms with Gasteiger partial charge in [0.1, 0.15) is 6.10 Å². The van der Waals surface area contributed by atoms with Crippen molar-refractivity contribution in [3.05, 3.63) is 35.9 Å². The maximum Gasteiger partial charge on any atom is 0.228 e. The third kappa shape index (κ3) is 3.43. The number of carbonyl (C=O) groups excluding carboxylic acids is 2. The topological polar surface area (TPSA) is 49.9 Å². The maximum absolute atomic E-state index is 13.0. The number of benzene rings is 1. The Morgan fingerprint density at radius 1 is 1.08 bits per heavy atom. The molecular weight excluding hydrogens is 316 g/mol. The van der Waals surface area contributed by atoms with Crippen LogP contribution >= 0.6 is 0 Å². The van der Waals surface area contributed by atoms with E-state index >= 15 is 0 Å². The molecule has 4 rings (SSSR count). The van der Waals surface area contributed by atoms with Crippen molar-refractivity contribution in [2.75, 3.05) is 26.2 Å². The van der Waals surface area contributed by atoms with Crippen LogP contribution in [0.25, 0.3) is 0 Å². The van der Waals surface area contributed by atoms with E-state index in [1.54, 1.807) is 0 Å². The van der Waals surface area contributed by atoms with Crippen molar-refractivity contribution < 1.29 is 14.3 Å². The van der Waals surface area contributed by atoms with Crippen molar-refractivity contribution in [2.45, 2.75) is 44.2 Å². The van der Waals surface area contributed by atoms with Crippen LogP contribution in [0.5, 0.6) is 0 Å². The lowest BCUT2D eigenvalue weighted by Gasteiger charge is -2.34. The van der Waals surface area contributed by atoms with Gasteiger partial charge in [-0.3, -0.25) is 9.59 Å². The van der Waals surface area contributed by atoms with Gasteiger partial charge < -0.3 is 14.5 Å². The van der Waals surface area contributed by atoms with Gasteiger partial charge in [-0.25, -0.2) is 0 Å². The summed E-state index contributed by atoms with van der Waals surface area (Å²) in [6.45, 7) is 2.36. The summed E-state index contributed by atoms with van der Waals surface area (Å²) in [7, 11) is 0. The van der Waals surface area contributed by atoms with Crippen molar-refractivity contribution in [2.24, 2.45) is 5.92 Å². The zero-order valence-corrected chi connectivity index (χ0v) is 14.6. The van der Waals surface area contributed by atoms with E-state index in [0.717, 1.165) is 18.4 Å². The molecule has 2 aliphatic heterocycles. The Morgan fingerprint density at radius 3 is 2.60 bits per heavy atom. The van der Waals surface area contributed by atoms with Crippen molar-refractivity contribution in [1.29, 1.82) is 0 Å². The second-order valence-electron chi connectivity index (χ2n) is 7.44. The molecule has 1 saturated carbocycles. The fourth-order valence-electron chi connectivity index (χ4n) is 4.44. The molecule has 0 radical (unpaired) electrons. The average Bonchev–Trinajstić information content (AvgIpc) is 3.31.